The van der Waals surface area contributed by atoms with Crippen LogP contribution in [0.5, 0.6) is 0 Å². The minimum absolute atomic E-state index is 0.770. The van der Waals surface area contributed by atoms with Gasteiger partial charge in [0.15, 0.2) is 0 Å². The average Bonchev–Trinajstić information content (AvgIpc) is 2.86. The number of hydrogen-bond donors (Lipinski definition) is 1. The summed E-state index contributed by atoms with van der Waals surface area (Å²) in [4.78, 5) is 4.36. The van der Waals surface area contributed by atoms with Crippen molar-refractivity contribution in [2.75, 3.05) is 18.5 Å². The van der Waals surface area contributed by atoms with Gasteiger partial charge in [0.05, 0.1) is 0 Å². The van der Waals surface area contributed by atoms with Crippen LogP contribution in [0.4, 0.5) is 11.6 Å². The highest BCUT2D eigenvalue weighted by Gasteiger charge is 2.04. The summed E-state index contributed by atoms with van der Waals surface area (Å²) in [5, 5.41) is 3.34. The van der Waals surface area contributed by atoms with Gasteiger partial charge in [0, 0.05) is 42.3 Å². The Morgan fingerprint density at radius 2 is 2.25 bits per heavy atom. The third-order valence-corrected chi connectivity index (χ3v) is 3.89. The molecule has 0 aliphatic rings. The van der Waals surface area contributed by atoms with E-state index < -0.39 is 0 Å². The molecule has 1 N–H and O–H groups in total. The van der Waals surface area contributed by atoms with Crippen molar-refractivity contribution in [3.05, 3.63) is 40.6 Å². The zero-order valence-corrected chi connectivity index (χ0v) is 13.5. The Labute approximate surface area is 128 Å². The molecule has 20 heavy (non-hydrogen) atoms. The van der Waals surface area contributed by atoms with Gasteiger partial charge in [-0.1, -0.05) is 22.0 Å². The third kappa shape index (κ3) is 4.08. The van der Waals surface area contributed by atoms with Gasteiger partial charge in [-0.3, -0.25) is 0 Å². The Kier molecular flexibility index (Phi) is 5.61. The zero-order valence-electron chi connectivity index (χ0n) is 11.9. The van der Waals surface area contributed by atoms with E-state index in [-0.39, 0.29) is 0 Å². The van der Waals surface area contributed by atoms with Crippen LogP contribution in [0.1, 0.15) is 18.9 Å². The van der Waals surface area contributed by atoms with Crippen molar-refractivity contribution in [1.29, 1.82) is 0 Å². The fourth-order valence-corrected chi connectivity index (χ4v) is 2.27. The summed E-state index contributed by atoms with van der Waals surface area (Å²) in [6.07, 6.45) is 4.78. The maximum atomic E-state index is 5.36. The van der Waals surface area contributed by atoms with Gasteiger partial charge >= 0.3 is 0 Å². The highest BCUT2D eigenvalue weighted by Crippen LogP contribution is 2.23. The number of aromatic nitrogens is 2. The van der Waals surface area contributed by atoms with E-state index in [9.17, 15) is 0 Å². The molecular formula is C15H20BrN3O. The predicted octanol–water partition coefficient (Wildman–Crippen LogP) is 4.12. The van der Waals surface area contributed by atoms with Crippen molar-refractivity contribution in [3.63, 3.8) is 0 Å². The molecule has 0 bridgehead atoms. The lowest BCUT2D eigenvalue weighted by atomic mass is 10.2. The molecule has 2 aromatic rings. The Morgan fingerprint density at radius 3 is 3.00 bits per heavy atom. The molecule has 0 radical (unpaired) electrons. The standard InChI is InChI=1S/C15H20BrN3O/c1-3-20-10-4-8-19-9-7-17-15(19)18-13-6-5-12(2)14(16)11-13/h5-7,9,11H,3-4,8,10H2,1-2H3,(H,17,18). The van der Waals surface area contributed by atoms with Crippen molar-refractivity contribution in [2.24, 2.45) is 0 Å². The fraction of sp³-hybridized carbons (Fsp3) is 0.400. The molecule has 0 amide bonds. The van der Waals surface area contributed by atoms with Crippen molar-refractivity contribution in [2.45, 2.75) is 26.8 Å². The first-order chi connectivity index (χ1) is 9.70. The highest BCUT2D eigenvalue weighted by molar-refractivity contribution is 9.10. The molecule has 108 valence electrons. The van der Waals surface area contributed by atoms with E-state index >= 15 is 0 Å². The molecule has 0 unspecified atom stereocenters. The molecule has 0 aliphatic carbocycles. The number of rotatable bonds is 7. The minimum atomic E-state index is 0.770. The number of halogens is 1. The van der Waals surface area contributed by atoms with Gasteiger partial charge in [0.2, 0.25) is 5.95 Å². The molecule has 2 rings (SSSR count). The van der Waals surface area contributed by atoms with Crippen molar-refractivity contribution >= 4 is 27.6 Å². The van der Waals surface area contributed by atoms with E-state index in [1.807, 2.05) is 19.3 Å². The Bertz CT molecular complexity index is 554. The van der Waals surface area contributed by atoms with Gasteiger partial charge in [-0.05, 0) is 38.0 Å². The number of nitrogens with zero attached hydrogens (tertiary/aromatic N) is 2. The summed E-state index contributed by atoms with van der Waals surface area (Å²) in [7, 11) is 0. The lowest BCUT2D eigenvalue weighted by molar-refractivity contribution is 0.142. The van der Waals surface area contributed by atoms with Crippen molar-refractivity contribution in [3.8, 4) is 0 Å². The van der Waals surface area contributed by atoms with Crippen LogP contribution in [0.25, 0.3) is 0 Å². The maximum absolute atomic E-state index is 5.36. The molecular weight excluding hydrogens is 318 g/mol. The van der Waals surface area contributed by atoms with Crippen molar-refractivity contribution in [1.82, 2.24) is 9.55 Å². The van der Waals surface area contributed by atoms with Gasteiger partial charge in [-0.15, -0.1) is 0 Å². The van der Waals surface area contributed by atoms with Crippen LogP contribution in [0.3, 0.4) is 0 Å². The summed E-state index contributed by atoms with van der Waals surface area (Å²) in [5.41, 5.74) is 2.25. The number of nitrogens with one attached hydrogen (secondary N) is 1. The Balaban J connectivity index is 1.99. The maximum Gasteiger partial charge on any atom is 0.207 e. The molecule has 0 saturated carbocycles. The lowest BCUT2D eigenvalue weighted by Crippen LogP contribution is -2.06. The summed E-state index contributed by atoms with van der Waals surface area (Å²) >= 11 is 3.54. The lowest BCUT2D eigenvalue weighted by Gasteiger charge is -2.10. The zero-order chi connectivity index (χ0) is 14.4. The second-order valence-corrected chi connectivity index (χ2v) is 5.44. The van der Waals surface area contributed by atoms with Crippen molar-refractivity contribution < 1.29 is 4.74 Å². The number of imidazole rings is 1. The van der Waals surface area contributed by atoms with Crippen LogP contribution >= 0.6 is 15.9 Å². The van der Waals surface area contributed by atoms with Crippen LogP contribution in [0.2, 0.25) is 0 Å². The van der Waals surface area contributed by atoms with Gasteiger partial charge in [0.25, 0.3) is 0 Å². The topological polar surface area (TPSA) is 39.1 Å². The van der Waals surface area contributed by atoms with E-state index in [1.165, 1.54) is 5.56 Å². The second-order valence-electron chi connectivity index (χ2n) is 4.58. The van der Waals surface area contributed by atoms with E-state index in [0.717, 1.165) is 42.3 Å². The van der Waals surface area contributed by atoms with Crippen LogP contribution in [-0.2, 0) is 11.3 Å². The number of anilines is 2. The van der Waals surface area contributed by atoms with Crippen LogP contribution in [0.15, 0.2) is 35.1 Å². The molecule has 1 heterocycles. The quantitative estimate of drug-likeness (QED) is 0.772. The highest BCUT2D eigenvalue weighted by atomic mass is 79.9. The van der Waals surface area contributed by atoms with E-state index in [4.69, 9.17) is 4.74 Å². The van der Waals surface area contributed by atoms with Crippen LogP contribution in [-0.4, -0.2) is 22.8 Å². The smallest absolute Gasteiger partial charge is 0.207 e. The normalized spacial score (nSPS) is 10.8. The Hall–Kier alpha value is -1.33. The van der Waals surface area contributed by atoms with E-state index in [0.29, 0.717) is 0 Å². The summed E-state index contributed by atoms with van der Waals surface area (Å²) < 4.78 is 8.56. The van der Waals surface area contributed by atoms with Gasteiger partial charge in [0.1, 0.15) is 0 Å². The first-order valence-electron chi connectivity index (χ1n) is 6.82. The van der Waals surface area contributed by atoms with Crippen LogP contribution in [0, 0.1) is 6.92 Å². The molecule has 5 heteroatoms. The molecule has 1 aromatic heterocycles. The summed E-state index contributed by atoms with van der Waals surface area (Å²) in [6, 6.07) is 6.20. The minimum Gasteiger partial charge on any atom is -0.382 e. The van der Waals surface area contributed by atoms with E-state index in [1.54, 1.807) is 0 Å². The SMILES string of the molecule is CCOCCCn1ccnc1Nc1ccc(C)c(Br)c1. The Morgan fingerprint density at radius 1 is 1.40 bits per heavy atom. The molecule has 0 saturated heterocycles. The average molecular weight is 338 g/mol. The van der Waals surface area contributed by atoms with Gasteiger partial charge in [-0.25, -0.2) is 4.98 Å². The predicted molar refractivity (Wildman–Crippen MR) is 85.5 cm³/mol. The number of hydrogen-bond acceptors (Lipinski definition) is 3. The molecule has 0 atom stereocenters. The molecule has 0 fully saturated rings. The van der Waals surface area contributed by atoms with Crippen LogP contribution < -0.4 is 5.32 Å². The molecule has 0 spiro atoms. The van der Waals surface area contributed by atoms with Gasteiger partial charge < -0.3 is 14.6 Å². The molecule has 0 aliphatic heterocycles. The third-order valence-electron chi connectivity index (χ3n) is 3.04. The first-order valence-corrected chi connectivity index (χ1v) is 7.62. The van der Waals surface area contributed by atoms with E-state index in [2.05, 4.69) is 55.9 Å². The second kappa shape index (κ2) is 7.45. The van der Waals surface area contributed by atoms with Gasteiger partial charge in [-0.2, -0.15) is 0 Å². The summed E-state index contributed by atoms with van der Waals surface area (Å²) in [5.74, 6) is 0.859. The largest absolute Gasteiger partial charge is 0.382 e. The molecule has 4 nitrogen and oxygen atoms in total. The summed E-state index contributed by atoms with van der Waals surface area (Å²) in [6.45, 7) is 6.54. The monoisotopic (exact) mass is 337 g/mol. The first kappa shape index (κ1) is 15.1. The number of benzene rings is 1. The molecule has 1 aromatic carbocycles. The fourth-order valence-electron chi connectivity index (χ4n) is 1.89. The number of aryl methyl sites for hydroxylation is 2. The number of ether oxygens (including phenoxy) is 1.